The summed E-state index contributed by atoms with van der Waals surface area (Å²) in [4.78, 5) is -0.103. The third-order valence-corrected chi connectivity index (χ3v) is 4.89. The third-order valence-electron chi connectivity index (χ3n) is 3.05. The maximum Gasteiger partial charge on any atom is 0.266 e. The van der Waals surface area contributed by atoms with Crippen LogP contribution in [0.3, 0.4) is 0 Å². The first-order chi connectivity index (χ1) is 9.87. The Balaban J connectivity index is 2.50. The Labute approximate surface area is 122 Å². The molecule has 0 saturated heterocycles. The van der Waals surface area contributed by atoms with Crippen molar-refractivity contribution in [1.29, 1.82) is 0 Å². The summed E-state index contributed by atoms with van der Waals surface area (Å²) in [6.07, 6.45) is 0. The number of methoxy groups -OCH3 is 1. The molecule has 0 aromatic heterocycles. The van der Waals surface area contributed by atoms with Crippen LogP contribution in [0.4, 0.5) is 15.8 Å². The molecule has 0 amide bonds. The van der Waals surface area contributed by atoms with Crippen LogP contribution < -0.4 is 14.8 Å². The van der Waals surface area contributed by atoms with Gasteiger partial charge in [-0.05, 0) is 24.3 Å². The Morgan fingerprint density at radius 2 is 1.86 bits per heavy atom. The van der Waals surface area contributed by atoms with Crippen molar-refractivity contribution in [3.63, 3.8) is 0 Å². The van der Waals surface area contributed by atoms with E-state index < -0.39 is 15.8 Å². The maximum atomic E-state index is 13.7. The number of anilines is 2. The van der Waals surface area contributed by atoms with Crippen molar-refractivity contribution < 1.29 is 17.5 Å². The molecule has 2 rings (SSSR count). The first-order valence-electron chi connectivity index (χ1n) is 6.05. The molecule has 2 N–H and O–H groups in total. The van der Waals surface area contributed by atoms with Gasteiger partial charge in [-0.1, -0.05) is 12.1 Å². The Hall–Kier alpha value is -2.28. The van der Waals surface area contributed by atoms with Crippen LogP contribution in [0.2, 0.25) is 0 Å². The zero-order valence-electron chi connectivity index (χ0n) is 11.6. The minimum Gasteiger partial charge on any atom is -0.497 e. The molecule has 0 unspecified atom stereocenters. The molecule has 112 valence electrons. The van der Waals surface area contributed by atoms with E-state index >= 15 is 0 Å². The number of hydrogen-bond donors (Lipinski definition) is 1. The van der Waals surface area contributed by atoms with Crippen molar-refractivity contribution in [3.05, 3.63) is 48.3 Å². The highest BCUT2D eigenvalue weighted by atomic mass is 32.2. The lowest BCUT2D eigenvalue weighted by molar-refractivity contribution is 0.414. The smallest absolute Gasteiger partial charge is 0.266 e. The van der Waals surface area contributed by atoms with Crippen LogP contribution in [-0.4, -0.2) is 22.6 Å². The Kier molecular flexibility index (Phi) is 4.04. The quantitative estimate of drug-likeness (QED) is 0.879. The summed E-state index contributed by atoms with van der Waals surface area (Å²) in [6.45, 7) is 0. The number of rotatable bonds is 4. The van der Waals surface area contributed by atoms with E-state index in [0.717, 1.165) is 4.31 Å². The molecule has 0 heterocycles. The van der Waals surface area contributed by atoms with Gasteiger partial charge in [-0.3, -0.25) is 4.31 Å². The van der Waals surface area contributed by atoms with E-state index in [1.54, 1.807) is 6.07 Å². The largest absolute Gasteiger partial charge is 0.497 e. The fourth-order valence-corrected chi connectivity index (χ4v) is 3.17. The van der Waals surface area contributed by atoms with Gasteiger partial charge in [0.25, 0.3) is 10.0 Å². The van der Waals surface area contributed by atoms with Crippen molar-refractivity contribution >= 4 is 21.4 Å². The molecule has 0 radical (unpaired) electrons. The van der Waals surface area contributed by atoms with Crippen molar-refractivity contribution in [1.82, 2.24) is 0 Å². The number of nitrogens with two attached hydrogens (primary N) is 1. The first-order valence-corrected chi connectivity index (χ1v) is 7.49. The molecule has 0 bridgehead atoms. The van der Waals surface area contributed by atoms with Crippen molar-refractivity contribution in [2.75, 3.05) is 24.2 Å². The van der Waals surface area contributed by atoms with Crippen LogP contribution in [0.15, 0.2) is 47.4 Å². The Morgan fingerprint density at radius 1 is 1.19 bits per heavy atom. The van der Waals surface area contributed by atoms with Gasteiger partial charge in [0.15, 0.2) is 0 Å². The monoisotopic (exact) mass is 310 g/mol. The fourth-order valence-electron chi connectivity index (χ4n) is 1.87. The molecule has 2 aromatic rings. The average molecular weight is 310 g/mol. The molecule has 0 saturated carbocycles. The number of benzene rings is 2. The van der Waals surface area contributed by atoms with Crippen LogP contribution >= 0.6 is 0 Å². The molecule has 0 aliphatic carbocycles. The van der Waals surface area contributed by atoms with Gasteiger partial charge in [-0.2, -0.15) is 0 Å². The molecule has 21 heavy (non-hydrogen) atoms. The van der Waals surface area contributed by atoms with Crippen LogP contribution in [0.5, 0.6) is 5.75 Å². The highest BCUT2D eigenvalue weighted by Crippen LogP contribution is 2.29. The number of nitrogens with zero attached hydrogens (tertiary/aromatic N) is 1. The third kappa shape index (κ3) is 2.78. The summed E-state index contributed by atoms with van der Waals surface area (Å²) in [5.74, 6) is -0.185. The van der Waals surface area contributed by atoms with Crippen LogP contribution in [0.25, 0.3) is 0 Å². The molecule has 2 aromatic carbocycles. The number of para-hydroxylation sites is 1. The van der Waals surface area contributed by atoms with Gasteiger partial charge in [0, 0.05) is 13.1 Å². The van der Waals surface area contributed by atoms with Crippen LogP contribution in [0.1, 0.15) is 0 Å². The number of hydrogen-bond acceptors (Lipinski definition) is 4. The topological polar surface area (TPSA) is 72.6 Å². The lowest BCUT2D eigenvalue weighted by atomic mass is 10.3. The van der Waals surface area contributed by atoms with Crippen LogP contribution in [0, 0.1) is 5.82 Å². The number of ether oxygens (including phenoxy) is 1. The number of sulfonamides is 1. The summed E-state index contributed by atoms with van der Waals surface area (Å²) in [6, 6.07) is 9.84. The minimum atomic E-state index is -3.96. The molecular weight excluding hydrogens is 295 g/mol. The van der Waals surface area contributed by atoms with Gasteiger partial charge < -0.3 is 10.5 Å². The van der Waals surface area contributed by atoms with Gasteiger partial charge in [0.2, 0.25) is 0 Å². The van der Waals surface area contributed by atoms with E-state index in [2.05, 4.69) is 0 Å². The fraction of sp³-hybridized carbons (Fsp3) is 0.143. The molecule has 5 nitrogen and oxygen atoms in total. The van der Waals surface area contributed by atoms with Crippen molar-refractivity contribution in [2.45, 2.75) is 4.90 Å². The molecule has 0 aliphatic heterocycles. The second-order valence-corrected chi connectivity index (χ2v) is 6.27. The Bertz CT molecular complexity index is 763. The summed E-state index contributed by atoms with van der Waals surface area (Å²) in [5, 5.41) is 0. The number of halogens is 1. The molecular formula is C14H15FN2O3S. The number of nitrogen functional groups attached to an aromatic ring is 1. The normalized spacial score (nSPS) is 11.2. The average Bonchev–Trinajstić information content (AvgIpc) is 2.46. The zero-order valence-corrected chi connectivity index (χ0v) is 12.4. The molecule has 0 atom stereocenters. The van der Waals surface area contributed by atoms with E-state index in [1.165, 1.54) is 50.6 Å². The van der Waals surface area contributed by atoms with Crippen molar-refractivity contribution in [3.8, 4) is 5.75 Å². The van der Waals surface area contributed by atoms with E-state index in [1.807, 2.05) is 0 Å². The van der Waals surface area contributed by atoms with Gasteiger partial charge in [-0.15, -0.1) is 0 Å². The van der Waals surface area contributed by atoms with E-state index in [0.29, 0.717) is 5.75 Å². The van der Waals surface area contributed by atoms with E-state index in [-0.39, 0.29) is 16.3 Å². The molecule has 0 spiro atoms. The first kappa shape index (κ1) is 15.1. The van der Waals surface area contributed by atoms with Gasteiger partial charge in [0.05, 0.1) is 18.5 Å². The molecule has 0 aliphatic rings. The lowest BCUT2D eigenvalue weighted by Crippen LogP contribution is -2.28. The van der Waals surface area contributed by atoms with E-state index in [9.17, 15) is 12.8 Å². The second-order valence-electron chi connectivity index (χ2n) is 4.33. The second kappa shape index (κ2) is 5.61. The minimum absolute atomic E-state index is 0.0394. The van der Waals surface area contributed by atoms with E-state index in [4.69, 9.17) is 10.5 Å². The SMILES string of the molecule is COc1ccc(S(=O)(=O)N(C)c2ccccc2F)c(N)c1. The van der Waals surface area contributed by atoms with Crippen molar-refractivity contribution in [2.24, 2.45) is 0 Å². The zero-order chi connectivity index (χ0) is 15.6. The highest BCUT2D eigenvalue weighted by Gasteiger charge is 2.25. The lowest BCUT2D eigenvalue weighted by Gasteiger charge is -2.21. The summed E-state index contributed by atoms with van der Waals surface area (Å²) < 4.78 is 44.7. The summed E-state index contributed by atoms with van der Waals surface area (Å²) in [5.41, 5.74) is 5.75. The van der Waals surface area contributed by atoms with Gasteiger partial charge >= 0.3 is 0 Å². The molecule has 0 fully saturated rings. The predicted octanol–water partition coefficient (Wildman–Crippen LogP) is 2.24. The molecule has 7 heteroatoms. The predicted molar refractivity (Wildman–Crippen MR) is 79.4 cm³/mol. The van der Waals surface area contributed by atoms with Gasteiger partial charge in [0.1, 0.15) is 16.5 Å². The Morgan fingerprint density at radius 3 is 2.43 bits per heavy atom. The van der Waals surface area contributed by atoms with Gasteiger partial charge in [-0.25, -0.2) is 12.8 Å². The standard InChI is InChI=1S/C14H15FN2O3S/c1-17(13-6-4-3-5-11(13)15)21(18,19)14-8-7-10(20-2)9-12(14)16/h3-9H,16H2,1-2H3. The highest BCUT2D eigenvalue weighted by molar-refractivity contribution is 7.93. The van der Waals surface area contributed by atoms with Crippen LogP contribution in [-0.2, 0) is 10.0 Å². The maximum absolute atomic E-state index is 13.7. The summed E-state index contributed by atoms with van der Waals surface area (Å²) in [7, 11) is -1.23. The summed E-state index contributed by atoms with van der Waals surface area (Å²) >= 11 is 0.